The lowest BCUT2D eigenvalue weighted by Crippen LogP contribution is -2.44. The number of carboxylic acid groups (broad SMARTS) is 1. The van der Waals surface area contributed by atoms with Crippen LogP contribution in [0, 0.1) is 31.1 Å². The van der Waals surface area contributed by atoms with Crippen LogP contribution in [-0.2, 0) is 4.79 Å². The van der Waals surface area contributed by atoms with Gasteiger partial charge in [0.15, 0.2) is 0 Å². The van der Waals surface area contributed by atoms with Crippen LogP contribution in [0.2, 0.25) is 0 Å². The van der Waals surface area contributed by atoms with Crippen LogP contribution in [0.4, 0.5) is 0 Å². The molecule has 0 amide bonds. The lowest BCUT2D eigenvalue weighted by Gasteiger charge is -2.36. The molecule has 0 fully saturated rings. The van der Waals surface area contributed by atoms with Crippen molar-refractivity contribution in [2.45, 2.75) is 54.4 Å². The fourth-order valence-electron chi connectivity index (χ4n) is 2.68. The minimum atomic E-state index is -0.982. The topological polar surface area (TPSA) is 49.4 Å². The van der Waals surface area contributed by atoms with Gasteiger partial charge in [-0.2, -0.15) is 0 Å². The fourth-order valence-corrected chi connectivity index (χ4v) is 2.68. The summed E-state index contributed by atoms with van der Waals surface area (Å²) in [6, 6.07) is 6.13. The smallest absolute Gasteiger partial charge is 0.122 e. The van der Waals surface area contributed by atoms with E-state index >= 15 is 0 Å². The van der Waals surface area contributed by atoms with E-state index in [4.69, 9.17) is 4.74 Å². The van der Waals surface area contributed by atoms with Gasteiger partial charge in [0.25, 0.3) is 0 Å². The number of carbonyl (C=O) groups excluding carboxylic acids is 1. The van der Waals surface area contributed by atoms with Crippen molar-refractivity contribution < 1.29 is 14.6 Å². The second-order valence-corrected chi connectivity index (χ2v) is 7.24. The maximum atomic E-state index is 11.4. The van der Waals surface area contributed by atoms with E-state index in [-0.39, 0.29) is 5.92 Å². The lowest BCUT2D eigenvalue weighted by molar-refractivity contribution is -0.320. The van der Waals surface area contributed by atoms with Gasteiger partial charge in [0.05, 0.1) is 6.61 Å². The van der Waals surface area contributed by atoms with E-state index in [0.29, 0.717) is 18.9 Å². The summed E-state index contributed by atoms with van der Waals surface area (Å²) < 4.78 is 5.89. The fraction of sp³-hybridized carbons (Fsp3) is 0.632. The van der Waals surface area contributed by atoms with Gasteiger partial charge >= 0.3 is 0 Å². The number of carboxylic acids is 1. The number of hydrogen-bond acceptors (Lipinski definition) is 3. The summed E-state index contributed by atoms with van der Waals surface area (Å²) in [5.41, 5.74) is 1.43. The van der Waals surface area contributed by atoms with Gasteiger partial charge in [-0.15, -0.1) is 0 Å². The molecule has 0 aromatic heterocycles. The maximum absolute atomic E-state index is 11.4. The van der Waals surface area contributed by atoms with Gasteiger partial charge < -0.3 is 14.6 Å². The van der Waals surface area contributed by atoms with Crippen LogP contribution in [0.1, 0.15) is 51.7 Å². The summed E-state index contributed by atoms with van der Waals surface area (Å²) in [5.74, 6) is 0.395. The van der Waals surface area contributed by atoms with Crippen LogP contribution >= 0.6 is 0 Å². The maximum Gasteiger partial charge on any atom is 0.122 e. The first kappa shape index (κ1) is 18.5. The molecule has 0 spiro atoms. The molecule has 0 N–H and O–H groups in total. The van der Waals surface area contributed by atoms with Crippen LogP contribution in [0.15, 0.2) is 18.2 Å². The standard InChI is InChI=1S/C19H30O3/c1-13(2)11-16(19(5,6)18(20)21)9-10-22-17-12-14(3)7-8-15(17)4/h7-8,12-13,16H,9-11H2,1-6H3,(H,20,21)/p-1. The molecule has 0 saturated heterocycles. The van der Waals surface area contributed by atoms with Gasteiger partial charge in [0.1, 0.15) is 5.75 Å². The summed E-state index contributed by atoms with van der Waals surface area (Å²) >= 11 is 0. The highest BCUT2D eigenvalue weighted by atomic mass is 16.5. The van der Waals surface area contributed by atoms with E-state index in [1.807, 2.05) is 26.0 Å². The zero-order valence-corrected chi connectivity index (χ0v) is 14.7. The molecule has 3 heteroatoms. The largest absolute Gasteiger partial charge is 0.550 e. The number of carbonyl (C=O) groups is 1. The Morgan fingerprint density at radius 2 is 1.91 bits per heavy atom. The van der Waals surface area contributed by atoms with Crippen molar-refractivity contribution in [2.24, 2.45) is 17.3 Å². The minimum absolute atomic E-state index is 0.0441. The highest BCUT2D eigenvalue weighted by Gasteiger charge is 2.31. The van der Waals surface area contributed by atoms with Crippen LogP contribution in [0.3, 0.4) is 0 Å². The summed E-state index contributed by atoms with van der Waals surface area (Å²) in [6.45, 7) is 12.3. The summed E-state index contributed by atoms with van der Waals surface area (Å²) in [5, 5.41) is 11.4. The van der Waals surface area contributed by atoms with Crippen molar-refractivity contribution in [1.82, 2.24) is 0 Å². The van der Waals surface area contributed by atoms with Crippen molar-refractivity contribution in [3.63, 3.8) is 0 Å². The number of benzene rings is 1. The average Bonchev–Trinajstić information content (AvgIpc) is 2.40. The molecule has 0 bridgehead atoms. The molecular formula is C19H29O3-. The highest BCUT2D eigenvalue weighted by Crippen LogP contribution is 2.34. The van der Waals surface area contributed by atoms with E-state index in [2.05, 4.69) is 19.9 Å². The minimum Gasteiger partial charge on any atom is -0.550 e. The second kappa shape index (κ2) is 7.66. The molecule has 124 valence electrons. The Morgan fingerprint density at radius 1 is 1.27 bits per heavy atom. The Labute approximate surface area is 134 Å². The molecule has 1 atom stereocenters. The number of hydrogen-bond donors (Lipinski definition) is 0. The van der Waals surface area contributed by atoms with Gasteiger partial charge in [-0.05, 0) is 55.7 Å². The Bertz CT molecular complexity index is 503. The summed E-state index contributed by atoms with van der Waals surface area (Å²) in [6.07, 6.45) is 1.57. The van der Waals surface area contributed by atoms with Crippen LogP contribution in [0.25, 0.3) is 0 Å². The first-order chi connectivity index (χ1) is 10.1. The quantitative estimate of drug-likeness (QED) is 0.738. The van der Waals surface area contributed by atoms with Gasteiger partial charge in [-0.3, -0.25) is 0 Å². The zero-order chi connectivity index (χ0) is 16.9. The summed E-state index contributed by atoms with van der Waals surface area (Å²) in [4.78, 5) is 11.4. The average molecular weight is 305 g/mol. The Kier molecular flexibility index (Phi) is 6.46. The summed E-state index contributed by atoms with van der Waals surface area (Å²) in [7, 11) is 0. The van der Waals surface area contributed by atoms with Crippen molar-refractivity contribution >= 4 is 5.97 Å². The van der Waals surface area contributed by atoms with Gasteiger partial charge in [0.2, 0.25) is 0 Å². The number of rotatable bonds is 8. The molecule has 0 saturated carbocycles. The van der Waals surface area contributed by atoms with E-state index in [1.54, 1.807) is 13.8 Å². The van der Waals surface area contributed by atoms with Crippen molar-refractivity contribution in [3.05, 3.63) is 29.3 Å². The van der Waals surface area contributed by atoms with Gasteiger partial charge in [-0.25, -0.2) is 0 Å². The number of aliphatic carboxylic acids is 1. The molecule has 0 heterocycles. The molecular weight excluding hydrogens is 276 g/mol. The Hall–Kier alpha value is -1.51. The SMILES string of the molecule is Cc1ccc(C)c(OCCC(CC(C)C)C(C)(C)C(=O)[O-])c1. The third-order valence-electron chi connectivity index (χ3n) is 4.37. The van der Waals surface area contributed by atoms with Crippen molar-refractivity contribution in [3.8, 4) is 5.75 Å². The first-order valence-electron chi connectivity index (χ1n) is 8.06. The highest BCUT2D eigenvalue weighted by molar-refractivity contribution is 5.71. The molecule has 1 unspecified atom stereocenters. The predicted molar refractivity (Wildman–Crippen MR) is 87.8 cm³/mol. The van der Waals surface area contributed by atoms with E-state index in [0.717, 1.165) is 23.3 Å². The Morgan fingerprint density at radius 3 is 2.45 bits per heavy atom. The van der Waals surface area contributed by atoms with E-state index in [1.165, 1.54) is 0 Å². The van der Waals surface area contributed by atoms with E-state index in [9.17, 15) is 9.90 Å². The van der Waals surface area contributed by atoms with E-state index < -0.39 is 11.4 Å². The van der Waals surface area contributed by atoms with Crippen molar-refractivity contribution in [2.75, 3.05) is 6.61 Å². The van der Waals surface area contributed by atoms with Gasteiger partial charge in [0, 0.05) is 11.4 Å². The first-order valence-corrected chi connectivity index (χ1v) is 8.06. The van der Waals surface area contributed by atoms with Crippen LogP contribution in [0.5, 0.6) is 5.75 Å². The molecule has 1 rings (SSSR count). The van der Waals surface area contributed by atoms with Crippen LogP contribution < -0.4 is 9.84 Å². The van der Waals surface area contributed by atoms with Gasteiger partial charge in [-0.1, -0.05) is 39.8 Å². The molecule has 1 aromatic carbocycles. The second-order valence-electron chi connectivity index (χ2n) is 7.24. The predicted octanol–water partition coefficient (Wildman–Crippen LogP) is 3.51. The van der Waals surface area contributed by atoms with Crippen molar-refractivity contribution in [1.29, 1.82) is 0 Å². The zero-order valence-electron chi connectivity index (χ0n) is 14.7. The molecule has 22 heavy (non-hydrogen) atoms. The number of ether oxygens (including phenoxy) is 1. The molecule has 0 radical (unpaired) electrons. The molecule has 3 nitrogen and oxygen atoms in total. The third kappa shape index (κ3) is 5.04. The molecule has 0 aliphatic carbocycles. The lowest BCUT2D eigenvalue weighted by atomic mass is 9.73. The monoisotopic (exact) mass is 305 g/mol. The molecule has 0 aliphatic rings. The van der Waals surface area contributed by atoms with Crippen LogP contribution in [-0.4, -0.2) is 12.6 Å². The number of aryl methyl sites for hydroxylation is 2. The normalized spacial score (nSPS) is 13.2. The third-order valence-corrected chi connectivity index (χ3v) is 4.37. The molecule has 1 aromatic rings. The Balaban J connectivity index is 2.71. The molecule has 0 aliphatic heterocycles.